The van der Waals surface area contributed by atoms with Gasteiger partial charge in [-0.15, -0.1) is 0 Å². The van der Waals surface area contributed by atoms with Gasteiger partial charge in [-0.2, -0.15) is 4.57 Å². The molecular formula is C76H61N4+. The van der Waals surface area contributed by atoms with Gasteiger partial charge in [0.2, 0.25) is 5.69 Å². The van der Waals surface area contributed by atoms with Crippen LogP contribution in [0.1, 0.15) is 46.1 Å². The second kappa shape index (κ2) is 21.0. The Morgan fingerprint density at radius 3 is 0.975 bits per heavy atom. The zero-order chi connectivity index (χ0) is 54.2. The van der Waals surface area contributed by atoms with Crippen LogP contribution in [0.4, 0.5) is 0 Å². The zero-order valence-electron chi connectivity index (χ0n) is 45.7. The van der Waals surface area contributed by atoms with E-state index >= 15 is 0 Å². The number of rotatable bonds is 12. The molecule has 4 nitrogen and oxygen atoms in total. The van der Waals surface area contributed by atoms with E-state index in [1.807, 2.05) is 0 Å². The topological polar surface area (TPSA) is 42.6 Å². The summed E-state index contributed by atoms with van der Waals surface area (Å²) in [6, 6.07) is 96.0. The van der Waals surface area contributed by atoms with Crippen molar-refractivity contribution in [2.45, 2.75) is 51.5 Å². The summed E-state index contributed by atoms with van der Waals surface area (Å²) < 4.78 is 2.53. The number of benzene rings is 10. The van der Waals surface area contributed by atoms with Gasteiger partial charge in [0, 0.05) is 42.2 Å². The lowest BCUT2D eigenvalue weighted by Gasteiger charge is -2.46. The molecule has 2 atom stereocenters. The van der Waals surface area contributed by atoms with Crippen molar-refractivity contribution in [1.82, 2.24) is 15.0 Å². The Balaban J connectivity index is 0.956. The van der Waals surface area contributed by atoms with Crippen LogP contribution in [0, 0.1) is 0 Å². The van der Waals surface area contributed by atoms with Crippen LogP contribution in [-0.2, 0) is 11.0 Å². The van der Waals surface area contributed by atoms with E-state index in [4.69, 9.17) is 15.0 Å². The molecule has 0 bridgehead atoms. The Bertz CT molecular complexity index is 3930. The summed E-state index contributed by atoms with van der Waals surface area (Å²) in [6.45, 7) is 9.55. The fourth-order valence-electron chi connectivity index (χ4n) is 12.3. The third-order valence-corrected chi connectivity index (χ3v) is 17.2. The van der Waals surface area contributed by atoms with Crippen LogP contribution in [0.15, 0.2) is 273 Å². The Morgan fingerprint density at radius 1 is 0.287 bits per heavy atom. The molecule has 1 aliphatic heterocycles. The van der Waals surface area contributed by atoms with E-state index in [0.29, 0.717) is 17.5 Å². The average molecular weight is 1030 g/mol. The average Bonchev–Trinajstić information content (AvgIpc) is 3.65. The van der Waals surface area contributed by atoms with Crippen molar-refractivity contribution in [2.75, 3.05) is 0 Å². The van der Waals surface area contributed by atoms with Crippen LogP contribution in [0.3, 0.4) is 0 Å². The molecule has 0 N–H and O–H groups in total. The fraction of sp³-hybridized carbons (Fsp3) is 0.105. The fourth-order valence-corrected chi connectivity index (χ4v) is 12.3. The maximum absolute atomic E-state index is 5.40. The zero-order valence-corrected chi connectivity index (χ0v) is 45.7. The molecule has 384 valence electrons. The van der Waals surface area contributed by atoms with Crippen molar-refractivity contribution in [3.8, 4) is 123 Å². The highest BCUT2D eigenvalue weighted by Crippen LogP contribution is 2.50. The van der Waals surface area contributed by atoms with Crippen LogP contribution < -0.4 is 4.57 Å². The molecule has 4 heteroatoms. The summed E-state index contributed by atoms with van der Waals surface area (Å²) in [7, 11) is 0. The summed E-state index contributed by atoms with van der Waals surface area (Å²) in [5.74, 6) is 1.80. The highest BCUT2D eigenvalue weighted by molar-refractivity contribution is 5.85. The minimum atomic E-state index is -0.0749. The second-order valence-corrected chi connectivity index (χ2v) is 21.6. The van der Waals surface area contributed by atoms with Gasteiger partial charge in [-0.3, -0.25) is 0 Å². The highest BCUT2D eigenvalue weighted by Gasteiger charge is 2.56. The van der Waals surface area contributed by atoms with Gasteiger partial charge in [0.15, 0.2) is 29.2 Å². The lowest BCUT2D eigenvalue weighted by Crippen LogP contribution is -2.67. The van der Waals surface area contributed by atoms with Gasteiger partial charge in [-0.1, -0.05) is 202 Å². The van der Waals surface area contributed by atoms with Gasteiger partial charge in [-0.05, 0) is 164 Å². The molecule has 13 rings (SSSR count). The van der Waals surface area contributed by atoms with E-state index < -0.39 is 0 Å². The van der Waals surface area contributed by atoms with E-state index in [2.05, 4.69) is 305 Å². The van der Waals surface area contributed by atoms with Crippen molar-refractivity contribution in [3.05, 3.63) is 279 Å². The number of nitrogens with zero attached hydrogens (tertiary/aromatic N) is 4. The van der Waals surface area contributed by atoms with Crippen molar-refractivity contribution in [3.63, 3.8) is 0 Å². The van der Waals surface area contributed by atoms with Crippen LogP contribution in [-0.4, -0.2) is 15.0 Å². The number of hydrogen-bond acceptors (Lipinski definition) is 3. The SMILES string of the molecule is CCC1(C)c2ccc(-c3cccc(-c4nc(-c5cccc(-c6cc(-c7ccccc7)cc(-c7ccccc7)c6)c5)nc(-c5cccc(-c6cc(-c7ccccc7)cc(-c7ccccc7)c6)c5)n4)c3)cc2-c2cccc[n+]2C1(C)CC. The molecule has 0 radical (unpaired) electrons. The van der Waals surface area contributed by atoms with Crippen molar-refractivity contribution >= 4 is 0 Å². The molecule has 2 aromatic heterocycles. The molecule has 0 saturated heterocycles. The number of pyridine rings is 1. The largest absolute Gasteiger partial charge is 0.213 e. The second-order valence-electron chi connectivity index (χ2n) is 21.6. The van der Waals surface area contributed by atoms with E-state index in [1.165, 1.54) is 39.1 Å². The monoisotopic (exact) mass is 1030 g/mol. The molecule has 0 spiro atoms. The molecule has 12 aromatic rings. The normalized spacial score (nSPS) is 15.4. The van der Waals surface area contributed by atoms with Crippen LogP contribution in [0.2, 0.25) is 0 Å². The van der Waals surface area contributed by atoms with E-state index in [-0.39, 0.29) is 11.0 Å². The highest BCUT2D eigenvalue weighted by atomic mass is 15.1. The molecule has 10 aromatic carbocycles. The van der Waals surface area contributed by atoms with Gasteiger partial charge in [0.25, 0.3) is 0 Å². The molecule has 0 saturated carbocycles. The summed E-state index contributed by atoms with van der Waals surface area (Å²) >= 11 is 0. The first-order chi connectivity index (χ1) is 39.2. The number of hydrogen-bond donors (Lipinski definition) is 0. The first-order valence-corrected chi connectivity index (χ1v) is 28.0. The standard InChI is InChI=1S/C76H61N4/c1-5-75(3)70-40-39-59(51-69(70)71-38-19-20-41-80(71)76(75,4)6-2)56-32-21-35-60(42-56)72-77-73(61-36-22-33-57(43-61)67-47-63(52-24-11-7-12-25-52)45-64(48-67)53-26-13-8-14-27-53)79-74(78-72)62-37-23-34-58(44-62)68-49-65(54-28-15-9-16-29-54)46-66(50-68)55-30-17-10-18-31-55/h7-51H,5-6H2,1-4H3/q+1. The van der Waals surface area contributed by atoms with Gasteiger partial charge < -0.3 is 0 Å². The van der Waals surface area contributed by atoms with E-state index in [9.17, 15) is 0 Å². The quantitative estimate of drug-likeness (QED) is 0.115. The van der Waals surface area contributed by atoms with Crippen molar-refractivity contribution in [2.24, 2.45) is 0 Å². The predicted octanol–water partition coefficient (Wildman–Crippen LogP) is 19.3. The maximum Gasteiger partial charge on any atom is 0.213 e. The Kier molecular flexibility index (Phi) is 13.1. The molecule has 0 amide bonds. The Hall–Kier alpha value is -9.64. The van der Waals surface area contributed by atoms with Gasteiger partial charge in [0.05, 0.1) is 11.0 Å². The summed E-state index contributed by atoms with van der Waals surface area (Å²) in [5.41, 5.74) is 22.4. The third-order valence-electron chi connectivity index (χ3n) is 17.2. The van der Waals surface area contributed by atoms with Gasteiger partial charge in [0.1, 0.15) is 0 Å². The summed E-state index contributed by atoms with van der Waals surface area (Å²) in [5, 5.41) is 0. The van der Waals surface area contributed by atoms with E-state index in [0.717, 1.165) is 85.2 Å². The summed E-state index contributed by atoms with van der Waals surface area (Å²) in [6.07, 6.45) is 4.33. The number of aromatic nitrogens is 4. The third kappa shape index (κ3) is 9.23. The first kappa shape index (κ1) is 49.9. The Labute approximate surface area is 470 Å². The van der Waals surface area contributed by atoms with Crippen LogP contribution >= 0.6 is 0 Å². The molecule has 0 aliphatic carbocycles. The van der Waals surface area contributed by atoms with Crippen LogP contribution in [0.25, 0.3) is 123 Å². The summed E-state index contributed by atoms with van der Waals surface area (Å²) in [4.78, 5) is 16.2. The molecule has 2 unspecified atom stereocenters. The lowest BCUT2D eigenvalue weighted by atomic mass is 9.60. The first-order valence-electron chi connectivity index (χ1n) is 28.0. The van der Waals surface area contributed by atoms with Gasteiger partial charge in [-0.25, -0.2) is 15.0 Å². The minimum absolute atomic E-state index is 0.0630. The van der Waals surface area contributed by atoms with Crippen LogP contribution in [0.5, 0.6) is 0 Å². The number of fused-ring (bicyclic) bond motifs is 3. The molecule has 3 heterocycles. The molecule has 0 fully saturated rings. The van der Waals surface area contributed by atoms with E-state index in [1.54, 1.807) is 0 Å². The van der Waals surface area contributed by atoms with Crippen molar-refractivity contribution in [1.29, 1.82) is 0 Å². The predicted molar refractivity (Wildman–Crippen MR) is 331 cm³/mol. The minimum Gasteiger partial charge on any atom is -0.208 e. The maximum atomic E-state index is 5.40. The molecule has 1 aliphatic rings. The van der Waals surface area contributed by atoms with Gasteiger partial charge >= 0.3 is 0 Å². The Morgan fingerprint density at radius 2 is 0.600 bits per heavy atom. The van der Waals surface area contributed by atoms with Crippen molar-refractivity contribution < 1.29 is 4.57 Å². The smallest absolute Gasteiger partial charge is 0.208 e. The molecular weight excluding hydrogens is 969 g/mol. The molecule has 80 heavy (non-hydrogen) atoms. The lowest BCUT2D eigenvalue weighted by molar-refractivity contribution is -0.765.